The van der Waals surface area contributed by atoms with Gasteiger partial charge in [-0.1, -0.05) is 65.7 Å². The molecule has 0 saturated carbocycles. The maximum Gasteiger partial charge on any atom is 0.134 e. The van der Waals surface area contributed by atoms with Gasteiger partial charge in [-0.05, 0) is 60.9 Å². The zero-order valence-electron chi connectivity index (χ0n) is 15.5. The number of rotatable bonds is 4. The van der Waals surface area contributed by atoms with Crippen molar-refractivity contribution in [3.63, 3.8) is 0 Å². The molecule has 0 atom stereocenters. The molecule has 0 bridgehead atoms. The van der Waals surface area contributed by atoms with Crippen molar-refractivity contribution in [3.8, 4) is 0 Å². The van der Waals surface area contributed by atoms with Gasteiger partial charge in [0.25, 0.3) is 0 Å². The second-order valence-corrected chi connectivity index (χ2v) is 7.30. The molecular formula is C24H21ClN2. The number of fused-ring (bicyclic) bond motifs is 1. The van der Waals surface area contributed by atoms with Crippen LogP contribution in [0.1, 0.15) is 28.1 Å². The Balaban J connectivity index is 1.77. The second kappa shape index (κ2) is 7.42. The highest BCUT2D eigenvalue weighted by molar-refractivity contribution is 6.30. The lowest BCUT2D eigenvalue weighted by Crippen LogP contribution is -2.04. The van der Waals surface area contributed by atoms with Crippen molar-refractivity contribution in [2.75, 3.05) is 0 Å². The summed E-state index contributed by atoms with van der Waals surface area (Å²) in [6, 6.07) is 22.7. The molecule has 0 aliphatic rings. The SMILES string of the molecule is Cc1ccc(C)c(Cn2c(/C=C\c3ccc(Cl)cc3)nc3ccccc32)c1. The fourth-order valence-corrected chi connectivity index (χ4v) is 3.40. The standard InChI is InChI=1S/C24H21ClN2/c1-17-7-8-18(2)20(15-17)16-27-23-6-4-3-5-22(23)26-24(27)14-11-19-9-12-21(25)13-10-19/h3-15H,16H2,1-2H3/b14-11-. The van der Waals surface area contributed by atoms with E-state index in [-0.39, 0.29) is 0 Å². The summed E-state index contributed by atoms with van der Waals surface area (Å²) >= 11 is 5.98. The summed E-state index contributed by atoms with van der Waals surface area (Å²) in [7, 11) is 0. The van der Waals surface area contributed by atoms with Crippen LogP contribution in [0.15, 0.2) is 66.7 Å². The van der Waals surface area contributed by atoms with Crippen molar-refractivity contribution >= 4 is 34.8 Å². The largest absolute Gasteiger partial charge is 0.320 e. The van der Waals surface area contributed by atoms with E-state index in [2.05, 4.69) is 67.0 Å². The molecule has 0 radical (unpaired) electrons. The van der Waals surface area contributed by atoms with Crippen molar-refractivity contribution in [1.82, 2.24) is 9.55 Å². The van der Waals surface area contributed by atoms with Crippen LogP contribution in [0.5, 0.6) is 0 Å². The number of para-hydroxylation sites is 2. The van der Waals surface area contributed by atoms with E-state index in [1.807, 2.05) is 30.3 Å². The fraction of sp³-hybridized carbons (Fsp3) is 0.125. The van der Waals surface area contributed by atoms with E-state index < -0.39 is 0 Å². The fourth-order valence-electron chi connectivity index (χ4n) is 3.27. The number of aryl methyl sites for hydroxylation is 2. The number of hydrogen-bond donors (Lipinski definition) is 0. The van der Waals surface area contributed by atoms with E-state index in [4.69, 9.17) is 16.6 Å². The molecule has 27 heavy (non-hydrogen) atoms. The van der Waals surface area contributed by atoms with Crippen LogP contribution in [-0.4, -0.2) is 9.55 Å². The molecule has 0 aliphatic heterocycles. The first kappa shape index (κ1) is 17.6. The minimum Gasteiger partial charge on any atom is -0.320 e. The number of aromatic nitrogens is 2. The molecule has 0 aliphatic carbocycles. The number of imidazole rings is 1. The molecule has 3 aromatic carbocycles. The van der Waals surface area contributed by atoms with Crippen molar-refractivity contribution in [3.05, 3.63) is 99.8 Å². The predicted octanol–water partition coefficient (Wildman–Crippen LogP) is 6.53. The van der Waals surface area contributed by atoms with Gasteiger partial charge in [0.15, 0.2) is 0 Å². The Morgan fingerprint density at radius 2 is 1.70 bits per heavy atom. The van der Waals surface area contributed by atoms with Crippen LogP contribution in [0.3, 0.4) is 0 Å². The highest BCUT2D eigenvalue weighted by Crippen LogP contribution is 2.22. The zero-order valence-corrected chi connectivity index (χ0v) is 16.2. The molecule has 3 heteroatoms. The Hall–Kier alpha value is -2.84. The number of halogens is 1. The van der Waals surface area contributed by atoms with Gasteiger partial charge in [-0.25, -0.2) is 4.98 Å². The molecule has 0 spiro atoms. The van der Waals surface area contributed by atoms with Gasteiger partial charge in [-0.15, -0.1) is 0 Å². The van der Waals surface area contributed by atoms with Crippen LogP contribution in [0, 0.1) is 13.8 Å². The zero-order chi connectivity index (χ0) is 18.8. The maximum absolute atomic E-state index is 5.98. The van der Waals surface area contributed by atoms with E-state index in [1.165, 1.54) is 16.7 Å². The summed E-state index contributed by atoms with van der Waals surface area (Å²) < 4.78 is 2.28. The summed E-state index contributed by atoms with van der Waals surface area (Å²) in [4.78, 5) is 4.84. The summed E-state index contributed by atoms with van der Waals surface area (Å²) in [5.74, 6) is 0.951. The minimum atomic E-state index is 0.745. The Kier molecular flexibility index (Phi) is 4.83. The van der Waals surface area contributed by atoms with Crippen molar-refractivity contribution in [1.29, 1.82) is 0 Å². The van der Waals surface area contributed by atoms with Gasteiger partial charge in [-0.3, -0.25) is 0 Å². The monoisotopic (exact) mass is 372 g/mol. The topological polar surface area (TPSA) is 17.8 Å². The molecule has 0 amide bonds. The first-order valence-electron chi connectivity index (χ1n) is 9.05. The summed E-state index contributed by atoms with van der Waals surface area (Å²) in [6.45, 7) is 5.10. The average molecular weight is 373 g/mol. The normalized spacial score (nSPS) is 11.5. The van der Waals surface area contributed by atoms with Gasteiger partial charge in [0.05, 0.1) is 11.0 Å². The Labute approximate surface area is 164 Å². The minimum absolute atomic E-state index is 0.745. The highest BCUT2D eigenvalue weighted by atomic mass is 35.5. The van der Waals surface area contributed by atoms with Gasteiger partial charge in [0, 0.05) is 11.6 Å². The van der Waals surface area contributed by atoms with E-state index in [0.717, 1.165) is 34.0 Å². The molecule has 0 fully saturated rings. The first-order chi connectivity index (χ1) is 13.1. The molecule has 4 rings (SSSR count). The van der Waals surface area contributed by atoms with Crippen LogP contribution < -0.4 is 0 Å². The molecule has 1 aromatic heterocycles. The molecule has 134 valence electrons. The first-order valence-corrected chi connectivity index (χ1v) is 9.43. The molecule has 0 N–H and O–H groups in total. The maximum atomic E-state index is 5.98. The van der Waals surface area contributed by atoms with E-state index in [1.54, 1.807) is 0 Å². The summed E-state index contributed by atoms with van der Waals surface area (Å²) in [6.07, 6.45) is 4.16. The lowest BCUT2D eigenvalue weighted by Gasteiger charge is -2.11. The molecular weight excluding hydrogens is 352 g/mol. The molecule has 0 unspecified atom stereocenters. The van der Waals surface area contributed by atoms with Crippen LogP contribution in [0.2, 0.25) is 5.02 Å². The smallest absolute Gasteiger partial charge is 0.134 e. The average Bonchev–Trinajstić information content (AvgIpc) is 3.02. The van der Waals surface area contributed by atoms with Crippen LogP contribution in [-0.2, 0) is 6.54 Å². The van der Waals surface area contributed by atoms with E-state index in [0.29, 0.717) is 0 Å². The van der Waals surface area contributed by atoms with Gasteiger partial charge in [-0.2, -0.15) is 0 Å². The van der Waals surface area contributed by atoms with Crippen molar-refractivity contribution in [2.45, 2.75) is 20.4 Å². The number of hydrogen-bond acceptors (Lipinski definition) is 1. The molecule has 4 aromatic rings. The molecule has 0 saturated heterocycles. The van der Waals surface area contributed by atoms with Crippen LogP contribution >= 0.6 is 11.6 Å². The Morgan fingerprint density at radius 3 is 2.52 bits per heavy atom. The summed E-state index contributed by atoms with van der Waals surface area (Å²) in [5, 5.41) is 0.745. The Morgan fingerprint density at radius 1 is 0.926 bits per heavy atom. The molecule has 1 heterocycles. The van der Waals surface area contributed by atoms with Crippen LogP contribution in [0.4, 0.5) is 0 Å². The predicted molar refractivity (Wildman–Crippen MR) is 115 cm³/mol. The second-order valence-electron chi connectivity index (χ2n) is 6.86. The lowest BCUT2D eigenvalue weighted by molar-refractivity contribution is 0.807. The van der Waals surface area contributed by atoms with Crippen molar-refractivity contribution < 1.29 is 0 Å². The van der Waals surface area contributed by atoms with Crippen molar-refractivity contribution in [2.24, 2.45) is 0 Å². The van der Waals surface area contributed by atoms with Gasteiger partial charge < -0.3 is 4.57 Å². The Bertz CT molecular complexity index is 1120. The third-order valence-corrected chi connectivity index (χ3v) is 5.06. The summed E-state index contributed by atoms with van der Waals surface area (Å²) in [5.41, 5.74) is 7.15. The van der Waals surface area contributed by atoms with E-state index >= 15 is 0 Å². The number of nitrogens with zero attached hydrogens (tertiary/aromatic N) is 2. The van der Waals surface area contributed by atoms with E-state index in [9.17, 15) is 0 Å². The molecule has 2 nitrogen and oxygen atoms in total. The van der Waals surface area contributed by atoms with Gasteiger partial charge in [0.1, 0.15) is 5.82 Å². The lowest BCUT2D eigenvalue weighted by atomic mass is 10.1. The number of benzene rings is 3. The highest BCUT2D eigenvalue weighted by Gasteiger charge is 2.10. The third kappa shape index (κ3) is 3.81. The quantitative estimate of drug-likeness (QED) is 0.398. The third-order valence-electron chi connectivity index (χ3n) is 4.81. The van der Waals surface area contributed by atoms with Gasteiger partial charge in [0.2, 0.25) is 0 Å². The van der Waals surface area contributed by atoms with Crippen LogP contribution in [0.25, 0.3) is 23.2 Å². The van der Waals surface area contributed by atoms with Gasteiger partial charge >= 0.3 is 0 Å².